The molecule has 1 N–H and O–H groups in total. The van der Waals surface area contributed by atoms with E-state index < -0.39 is 0 Å². The molecular weight excluding hydrogens is 260 g/mol. The summed E-state index contributed by atoms with van der Waals surface area (Å²) in [6, 6.07) is 0.683. The normalized spacial score (nSPS) is 42.7. The minimum absolute atomic E-state index is 0.468. The van der Waals surface area contributed by atoms with E-state index in [2.05, 4.69) is 10.2 Å². The van der Waals surface area contributed by atoms with Gasteiger partial charge in [-0.05, 0) is 75.2 Å². The third-order valence-corrected chi connectivity index (χ3v) is 6.80. The molecule has 2 heterocycles. The van der Waals surface area contributed by atoms with Gasteiger partial charge >= 0.3 is 0 Å². The lowest BCUT2D eigenvalue weighted by Crippen LogP contribution is -2.46. The molecule has 2 bridgehead atoms. The molecule has 0 aromatic rings. The Hall–Kier alpha value is -0.570. The van der Waals surface area contributed by atoms with Crippen LogP contribution in [0.15, 0.2) is 0 Å². The second-order valence-electron chi connectivity index (χ2n) is 8.08. The Morgan fingerprint density at radius 1 is 1.05 bits per heavy atom. The number of hydrogen-bond acceptors (Lipinski definition) is 2. The molecule has 0 aromatic carbocycles. The second-order valence-corrected chi connectivity index (χ2v) is 8.08. The number of hydrogen-bond donors (Lipinski definition) is 1. The lowest BCUT2D eigenvalue weighted by molar-refractivity contribution is -0.134. The number of fused-ring (bicyclic) bond motifs is 2. The van der Waals surface area contributed by atoms with Crippen LogP contribution >= 0.6 is 0 Å². The van der Waals surface area contributed by atoms with E-state index >= 15 is 0 Å². The van der Waals surface area contributed by atoms with Crippen LogP contribution in [0, 0.1) is 23.7 Å². The SMILES string of the molecule is O=C(CC1CC2CCC1C2)N1CCCC(C2CCCN2)C1. The van der Waals surface area contributed by atoms with Gasteiger partial charge in [-0.3, -0.25) is 4.79 Å². The molecule has 0 aromatic heterocycles. The molecule has 21 heavy (non-hydrogen) atoms. The van der Waals surface area contributed by atoms with Gasteiger partial charge in [0.05, 0.1) is 0 Å². The summed E-state index contributed by atoms with van der Waals surface area (Å²) in [6.07, 6.45) is 11.6. The van der Waals surface area contributed by atoms with Crippen LogP contribution in [-0.2, 0) is 4.79 Å². The van der Waals surface area contributed by atoms with Gasteiger partial charge in [0, 0.05) is 25.6 Å². The quantitative estimate of drug-likeness (QED) is 0.867. The Morgan fingerprint density at radius 3 is 2.71 bits per heavy atom. The van der Waals surface area contributed by atoms with E-state index in [0.717, 1.165) is 37.3 Å². The zero-order valence-corrected chi connectivity index (χ0v) is 13.2. The molecule has 4 rings (SSSR count). The number of carbonyl (C=O) groups is 1. The van der Waals surface area contributed by atoms with Gasteiger partial charge in [-0.15, -0.1) is 0 Å². The molecule has 2 aliphatic carbocycles. The van der Waals surface area contributed by atoms with Crippen LogP contribution in [0.2, 0.25) is 0 Å². The molecule has 2 saturated heterocycles. The summed E-state index contributed by atoms with van der Waals surface area (Å²) < 4.78 is 0. The molecular formula is C18H30N2O. The van der Waals surface area contributed by atoms with Gasteiger partial charge in [-0.2, -0.15) is 0 Å². The van der Waals surface area contributed by atoms with Gasteiger partial charge in [0.2, 0.25) is 5.91 Å². The molecule has 5 atom stereocenters. The number of amides is 1. The zero-order valence-electron chi connectivity index (χ0n) is 13.2. The topological polar surface area (TPSA) is 32.3 Å². The second kappa shape index (κ2) is 5.91. The molecule has 1 amide bonds. The van der Waals surface area contributed by atoms with E-state index in [0.29, 0.717) is 17.9 Å². The van der Waals surface area contributed by atoms with E-state index in [4.69, 9.17) is 0 Å². The number of carbonyl (C=O) groups excluding carboxylic acids is 1. The average Bonchev–Trinajstić information content (AvgIpc) is 3.25. The Balaban J connectivity index is 1.31. The lowest BCUT2D eigenvalue weighted by atomic mass is 9.85. The maximum absolute atomic E-state index is 12.7. The zero-order chi connectivity index (χ0) is 14.2. The van der Waals surface area contributed by atoms with Crippen LogP contribution in [0.3, 0.4) is 0 Å². The van der Waals surface area contributed by atoms with E-state index in [1.165, 1.54) is 57.9 Å². The highest BCUT2D eigenvalue weighted by Gasteiger charge is 2.41. The maximum Gasteiger partial charge on any atom is 0.222 e. The third-order valence-electron chi connectivity index (χ3n) is 6.80. The van der Waals surface area contributed by atoms with Crippen molar-refractivity contribution in [3.05, 3.63) is 0 Å². The van der Waals surface area contributed by atoms with Crippen molar-refractivity contribution < 1.29 is 4.79 Å². The summed E-state index contributed by atoms with van der Waals surface area (Å²) in [5.41, 5.74) is 0. The molecule has 118 valence electrons. The van der Waals surface area contributed by atoms with Gasteiger partial charge in [0.15, 0.2) is 0 Å². The van der Waals surface area contributed by atoms with E-state index in [1.807, 2.05) is 0 Å². The number of nitrogens with one attached hydrogen (secondary N) is 1. The van der Waals surface area contributed by atoms with Crippen LogP contribution in [0.1, 0.15) is 57.8 Å². The highest BCUT2D eigenvalue weighted by molar-refractivity contribution is 5.76. The molecule has 4 aliphatic rings. The summed E-state index contributed by atoms with van der Waals surface area (Å²) in [6.45, 7) is 3.22. The first kappa shape index (κ1) is 14.0. The molecule has 2 aliphatic heterocycles. The van der Waals surface area contributed by atoms with Crippen LogP contribution in [-0.4, -0.2) is 36.5 Å². The van der Waals surface area contributed by atoms with Gasteiger partial charge in [0.25, 0.3) is 0 Å². The summed E-state index contributed by atoms with van der Waals surface area (Å²) in [7, 11) is 0. The number of likely N-dealkylation sites (tertiary alicyclic amines) is 1. The Morgan fingerprint density at radius 2 is 2.00 bits per heavy atom. The molecule has 0 spiro atoms. The average molecular weight is 290 g/mol. The Labute approximate surface area is 128 Å². The third kappa shape index (κ3) is 2.86. The highest BCUT2D eigenvalue weighted by Crippen LogP contribution is 2.49. The number of nitrogens with zero attached hydrogens (tertiary/aromatic N) is 1. The molecule has 2 saturated carbocycles. The monoisotopic (exact) mass is 290 g/mol. The van der Waals surface area contributed by atoms with Crippen molar-refractivity contribution in [3.8, 4) is 0 Å². The first-order valence-corrected chi connectivity index (χ1v) is 9.31. The summed E-state index contributed by atoms with van der Waals surface area (Å²) in [5.74, 6) is 3.75. The predicted octanol–water partition coefficient (Wildman–Crippen LogP) is 2.80. The van der Waals surface area contributed by atoms with Crippen LogP contribution in [0.5, 0.6) is 0 Å². The maximum atomic E-state index is 12.7. The van der Waals surface area contributed by atoms with Gasteiger partial charge < -0.3 is 10.2 Å². The van der Waals surface area contributed by atoms with Crippen molar-refractivity contribution in [2.45, 2.75) is 63.8 Å². The van der Waals surface area contributed by atoms with Crippen molar-refractivity contribution >= 4 is 5.91 Å². The summed E-state index contributed by atoms with van der Waals surface area (Å²) >= 11 is 0. The van der Waals surface area contributed by atoms with Crippen molar-refractivity contribution in [2.24, 2.45) is 23.7 Å². The van der Waals surface area contributed by atoms with Crippen molar-refractivity contribution in [3.63, 3.8) is 0 Å². The highest BCUT2D eigenvalue weighted by atomic mass is 16.2. The molecule has 5 unspecified atom stereocenters. The van der Waals surface area contributed by atoms with Gasteiger partial charge in [0.1, 0.15) is 0 Å². The molecule has 3 nitrogen and oxygen atoms in total. The van der Waals surface area contributed by atoms with Gasteiger partial charge in [-0.25, -0.2) is 0 Å². The first-order chi connectivity index (χ1) is 10.3. The fourth-order valence-corrected chi connectivity index (χ4v) is 5.66. The van der Waals surface area contributed by atoms with Crippen molar-refractivity contribution in [1.29, 1.82) is 0 Å². The largest absolute Gasteiger partial charge is 0.342 e. The minimum atomic E-state index is 0.468. The smallest absolute Gasteiger partial charge is 0.222 e. The fourth-order valence-electron chi connectivity index (χ4n) is 5.66. The molecule has 0 radical (unpaired) electrons. The van der Waals surface area contributed by atoms with Crippen molar-refractivity contribution in [1.82, 2.24) is 10.2 Å². The first-order valence-electron chi connectivity index (χ1n) is 9.31. The standard InChI is InChI=1S/C18H30N2O/c21-18(11-16-10-13-5-6-14(16)9-13)20-8-2-3-15(12-20)17-4-1-7-19-17/h13-17,19H,1-12H2. The van der Waals surface area contributed by atoms with Crippen LogP contribution in [0.25, 0.3) is 0 Å². The van der Waals surface area contributed by atoms with Gasteiger partial charge in [-0.1, -0.05) is 6.42 Å². The Bertz CT molecular complexity index is 391. The predicted molar refractivity (Wildman–Crippen MR) is 83.9 cm³/mol. The molecule has 3 heteroatoms. The lowest BCUT2D eigenvalue weighted by Gasteiger charge is -2.36. The number of piperidine rings is 1. The number of rotatable bonds is 3. The van der Waals surface area contributed by atoms with E-state index in [9.17, 15) is 4.79 Å². The van der Waals surface area contributed by atoms with Crippen LogP contribution < -0.4 is 5.32 Å². The van der Waals surface area contributed by atoms with E-state index in [1.54, 1.807) is 0 Å². The fraction of sp³-hybridized carbons (Fsp3) is 0.944. The minimum Gasteiger partial charge on any atom is -0.342 e. The summed E-state index contributed by atoms with van der Waals surface area (Å²) in [4.78, 5) is 14.9. The van der Waals surface area contributed by atoms with Crippen molar-refractivity contribution in [2.75, 3.05) is 19.6 Å². The van der Waals surface area contributed by atoms with E-state index in [-0.39, 0.29) is 0 Å². The summed E-state index contributed by atoms with van der Waals surface area (Å²) in [5, 5.41) is 3.64. The molecule has 4 fully saturated rings. The Kier molecular flexibility index (Phi) is 3.95. The van der Waals surface area contributed by atoms with Crippen LogP contribution in [0.4, 0.5) is 0 Å².